The minimum absolute atomic E-state index is 1.08. The Hall–Kier alpha value is -1.56. The summed E-state index contributed by atoms with van der Waals surface area (Å²) in [6.07, 6.45) is 3.32. The van der Waals surface area contributed by atoms with E-state index in [1.807, 2.05) is 6.07 Å². The molecule has 0 aliphatic carbocycles. The van der Waals surface area contributed by atoms with Gasteiger partial charge in [0, 0.05) is 0 Å². The van der Waals surface area contributed by atoms with Crippen molar-refractivity contribution in [3.05, 3.63) is 66.6 Å². The monoisotopic (exact) mass is 195 g/mol. The molecule has 2 aromatic rings. The van der Waals surface area contributed by atoms with Crippen LogP contribution in [0.3, 0.4) is 0 Å². The van der Waals surface area contributed by atoms with Gasteiger partial charge in [-0.05, 0) is 29.5 Å². The van der Waals surface area contributed by atoms with Crippen molar-refractivity contribution in [3.63, 3.8) is 0 Å². The molecule has 15 heavy (non-hydrogen) atoms. The normalized spacial score (nSPS) is 10.2. The third-order valence-electron chi connectivity index (χ3n) is 2.43. The van der Waals surface area contributed by atoms with Gasteiger partial charge in [-0.15, -0.1) is 0 Å². The zero-order valence-electron chi connectivity index (χ0n) is 8.98. The molecule has 0 amide bonds. The minimum Gasteiger partial charge on any atom is -0.0648 e. The second kappa shape index (κ2) is 4.79. The molecular weight excluding hydrogens is 180 g/mol. The molecule has 2 rings (SSSR count). The smallest absolute Gasteiger partial charge is 0.00956 e. The SMILES string of the molecule is CC[CH]c1cccc(-c2ccccc2)c1. The van der Waals surface area contributed by atoms with E-state index < -0.39 is 0 Å². The van der Waals surface area contributed by atoms with Crippen LogP contribution in [0.25, 0.3) is 11.1 Å². The lowest BCUT2D eigenvalue weighted by Crippen LogP contribution is -1.82. The number of hydrogen-bond donors (Lipinski definition) is 0. The summed E-state index contributed by atoms with van der Waals surface area (Å²) in [5.74, 6) is 0. The van der Waals surface area contributed by atoms with Gasteiger partial charge in [-0.1, -0.05) is 61.5 Å². The largest absolute Gasteiger partial charge is 0.0648 e. The standard InChI is InChI=1S/C15H15/c1-2-7-13-8-6-11-15(12-13)14-9-4-3-5-10-14/h3-12H,2H2,1H3. The Morgan fingerprint density at radius 2 is 1.60 bits per heavy atom. The Balaban J connectivity index is 2.33. The quantitative estimate of drug-likeness (QED) is 0.684. The van der Waals surface area contributed by atoms with Crippen molar-refractivity contribution < 1.29 is 0 Å². The molecule has 0 atom stereocenters. The molecule has 0 heteroatoms. The lowest BCUT2D eigenvalue weighted by molar-refractivity contribution is 1.12. The highest BCUT2D eigenvalue weighted by atomic mass is 14.0. The van der Waals surface area contributed by atoms with Gasteiger partial charge in [0.15, 0.2) is 0 Å². The van der Waals surface area contributed by atoms with Crippen molar-refractivity contribution in [1.29, 1.82) is 0 Å². The molecule has 0 aliphatic heterocycles. The average Bonchev–Trinajstić information content (AvgIpc) is 2.31. The van der Waals surface area contributed by atoms with Gasteiger partial charge in [0.05, 0.1) is 0 Å². The number of hydrogen-bond acceptors (Lipinski definition) is 0. The molecule has 0 spiro atoms. The van der Waals surface area contributed by atoms with E-state index in [-0.39, 0.29) is 0 Å². The van der Waals surface area contributed by atoms with Crippen LogP contribution in [0.1, 0.15) is 18.9 Å². The van der Waals surface area contributed by atoms with Crippen LogP contribution in [0.4, 0.5) is 0 Å². The molecule has 75 valence electrons. The van der Waals surface area contributed by atoms with Gasteiger partial charge in [0.2, 0.25) is 0 Å². The minimum atomic E-state index is 1.08. The fraction of sp³-hybridized carbons (Fsp3) is 0.133. The fourth-order valence-corrected chi connectivity index (χ4v) is 1.71. The molecule has 0 unspecified atom stereocenters. The molecule has 0 N–H and O–H groups in total. The maximum atomic E-state index is 2.24. The van der Waals surface area contributed by atoms with E-state index in [2.05, 4.69) is 61.9 Å². The Morgan fingerprint density at radius 3 is 2.33 bits per heavy atom. The summed E-state index contributed by atoms with van der Waals surface area (Å²) in [4.78, 5) is 0. The summed E-state index contributed by atoms with van der Waals surface area (Å²) in [6, 6.07) is 19.1. The summed E-state index contributed by atoms with van der Waals surface area (Å²) in [6.45, 7) is 2.16. The molecule has 0 nitrogen and oxygen atoms in total. The van der Waals surface area contributed by atoms with Crippen LogP contribution in [-0.4, -0.2) is 0 Å². The third kappa shape index (κ3) is 2.47. The molecule has 0 bridgehead atoms. The van der Waals surface area contributed by atoms with E-state index >= 15 is 0 Å². The zero-order chi connectivity index (χ0) is 10.5. The van der Waals surface area contributed by atoms with Gasteiger partial charge >= 0.3 is 0 Å². The summed E-state index contributed by atoms with van der Waals surface area (Å²) >= 11 is 0. The van der Waals surface area contributed by atoms with Gasteiger partial charge in [0.25, 0.3) is 0 Å². The lowest BCUT2D eigenvalue weighted by Gasteiger charge is -2.04. The van der Waals surface area contributed by atoms with Gasteiger partial charge in [0.1, 0.15) is 0 Å². The zero-order valence-corrected chi connectivity index (χ0v) is 8.98. The summed E-state index contributed by atoms with van der Waals surface area (Å²) < 4.78 is 0. The number of rotatable bonds is 3. The second-order valence-corrected chi connectivity index (χ2v) is 3.60. The van der Waals surface area contributed by atoms with Gasteiger partial charge in [-0.2, -0.15) is 0 Å². The van der Waals surface area contributed by atoms with Gasteiger partial charge < -0.3 is 0 Å². The van der Waals surface area contributed by atoms with Crippen LogP contribution in [0.2, 0.25) is 0 Å². The van der Waals surface area contributed by atoms with Crippen LogP contribution in [0.5, 0.6) is 0 Å². The highest BCUT2D eigenvalue weighted by molar-refractivity contribution is 5.64. The van der Waals surface area contributed by atoms with E-state index in [1.54, 1.807) is 0 Å². The molecule has 0 saturated heterocycles. The topological polar surface area (TPSA) is 0 Å². The summed E-state index contributed by atoms with van der Waals surface area (Å²) in [5, 5.41) is 0. The van der Waals surface area contributed by atoms with E-state index in [1.165, 1.54) is 16.7 Å². The fourth-order valence-electron chi connectivity index (χ4n) is 1.71. The van der Waals surface area contributed by atoms with Gasteiger partial charge in [-0.3, -0.25) is 0 Å². The Morgan fingerprint density at radius 1 is 0.867 bits per heavy atom. The van der Waals surface area contributed by atoms with Crippen molar-refractivity contribution in [2.75, 3.05) is 0 Å². The molecule has 0 fully saturated rings. The summed E-state index contributed by atoms with van der Waals surface area (Å²) in [5.41, 5.74) is 3.88. The van der Waals surface area contributed by atoms with Crippen molar-refractivity contribution in [3.8, 4) is 11.1 Å². The van der Waals surface area contributed by atoms with Crippen molar-refractivity contribution in [2.45, 2.75) is 13.3 Å². The predicted octanol–water partition coefficient (Wildman–Crippen LogP) is 4.32. The average molecular weight is 195 g/mol. The first-order valence-corrected chi connectivity index (χ1v) is 5.39. The first-order valence-electron chi connectivity index (χ1n) is 5.39. The molecule has 1 radical (unpaired) electrons. The maximum Gasteiger partial charge on any atom is -0.00956 e. The third-order valence-corrected chi connectivity index (χ3v) is 2.43. The highest BCUT2D eigenvalue weighted by Crippen LogP contribution is 2.20. The van der Waals surface area contributed by atoms with E-state index in [0.717, 1.165) is 6.42 Å². The van der Waals surface area contributed by atoms with E-state index in [9.17, 15) is 0 Å². The maximum absolute atomic E-state index is 2.24. The van der Waals surface area contributed by atoms with Gasteiger partial charge in [-0.25, -0.2) is 0 Å². The Labute approximate surface area is 91.6 Å². The van der Waals surface area contributed by atoms with Crippen molar-refractivity contribution >= 4 is 0 Å². The van der Waals surface area contributed by atoms with E-state index in [0.29, 0.717) is 0 Å². The van der Waals surface area contributed by atoms with E-state index in [4.69, 9.17) is 0 Å². The van der Waals surface area contributed by atoms with Crippen LogP contribution in [-0.2, 0) is 0 Å². The molecule has 2 aromatic carbocycles. The first kappa shape index (κ1) is 9.97. The van der Waals surface area contributed by atoms with Crippen LogP contribution >= 0.6 is 0 Å². The van der Waals surface area contributed by atoms with Crippen LogP contribution in [0.15, 0.2) is 54.6 Å². The molecule has 0 heterocycles. The molecular formula is C15H15. The Bertz CT molecular complexity index is 415. The highest BCUT2D eigenvalue weighted by Gasteiger charge is 1.97. The molecule has 0 saturated carbocycles. The second-order valence-electron chi connectivity index (χ2n) is 3.60. The van der Waals surface area contributed by atoms with Crippen LogP contribution < -0.4 is 0 Å². The predicted molar refractivity (Wildman–Crippen MR) is 65.6 cm³/mol. The first-order chi connectivity index (χ1) is 7.40. The lowest BCUT2D eigenvalue weighted by atomic mass is 10.0. The van der Waals surface area contributed by atoms with Crippen molar-refractivity contribution in [1.82, 2.24) is 0 Å². The van der Waals surface area contributed by atoms with Crippen molar-refractivity contribution in [2.24, 2.45) is 0 Å². The number of benzene rings is 2. The summed E-state index contributed by atoms with van der Waals surface area (Å²) in [7, 11) is 0. The van der Waals surface area contributed by atoms with Crippen LogP contribution in [0, 0.1) is 6.42 Å². The molecule has 0 aliphatic rings. The Kier molecular flexibility index (Phi) is 3.18. The molecule has 0 aromatic heterocycles.